The zero-order valence-corrected chi connectivity index (χ0v) is 15.8. The minimum Gasteiger partial charge on any atom is -0.490 e. The molecule has 0 spiro atoms. The molecule has 2 rings (SSSR count). The van der Waals surface area contributed by atoms with Crippen LogP contribution in [-0.4, -0.2) is 38.1 Å². The minimum atomic E-state index is 0.0408. The van der Waals surface area contributed by atoms with E-state index in [9.17, 15) is 0 Å². The van der Waals surface area contributed by atoms with Crippen LogP contribution in [0.25, 0.3) is 0 Å². The van der Waals surface area contributed by atoms with Crippen molar-refractivity contribution in [3.8, 4) is 11.5 Å². The molecule has 0 amide bonds. The third-order valence-corrected chi connectivity index (χ3v) is 3.88. The van der Waals surface area contributed by atoms with E-state index in [4.69, 9.17) is 30.9 Å². The van der Waals surface area contributed by atoms with Gasteiger partial charge in [-0.25, -0.2) is 0 Å². The molecule has 5 nitrogen and oxygen atoms in total. The van der Waals surface area contributed by atoms with Gasteiger partial charge in [-0.15, -0.1) is 0 Å². The summed E-state index contributed by atoms with van der Waals surface area (Å²) in [6.07, 6.45) is 0. The zero-order chi connectivity index (χ0) is 18.6. The average molecular weight is 380 g/mol. The molecular weight excluding hydrogens is 354 g/mol. The first-order valence-electron chi connectivity index (χ1n) is 8.75. The number of benzene rings is 2. The monoisotopic (exact) mass is 379 g/mol. The van der Waals surface area contributed by atoms with Crippen molar-refractivity contribution in [2.24, 2.45) is 0 Å². The number of hydrogen-bond donors (Lipinski definition) is 2. The summed E-state index contributed by atoms with van der Waals surface area (Å²) >= 11 is 5.93. The van der Waals surface area contributed by atoms with Gasteiger partial charge in [0.15, 0.2) is 11.5 Å². The summed E-state index contributed by atoms with van der Waals surface area (Å²) in [7, 11) is 0. The molecule has 0 heterocycles. The smallest absolute Gasteiger partial charge is 0.166 e. The SMILES string of the molecule is CCOc1cccc(CNCCOCCO)c1OCc1ccc(Cl)cc1. The fourth-order valence-corrected chi connectivity index (χ4v) is 2.53. The van der Waals surface area contributed by atoms with E-state index in [0.717, 1.165) is 22.6 Å². The second-order valence-electron chi connectivity index (χ2n) is 5.61. The van der Waals surface area contributed by atoms with Gasteiger partial charge in [-0.2, -0.15) is 0 Å². The molecule has 0 radical (unpaired) electrons. The van der Waals surface area contributed by atoms with Gasteiger partial charge in [0.05, 0.1) is 26.4 Å². The lowest BCUT2D eigenvalue weighted by Gasteiger charge is -2.16. The standard InChI is InChI=1S/C20H26ClNO4/c1-2-25-19-5-3-4-17(14-22-10-12-24-13-11-23)20(19)26-15-16-6-8-18(21)9-7-16/h3-9,22-23H,2,10-15H2,1H3. The van der Waals surface area contributed by atoms with Gasteiger partial charge < -0.3 is 24.6 Å². The maximum absolute atomic E-state index is 8.70. The molecular formula is C20H26ClNO4. The number of nitrogens with one attached hydrogen (secondary N) is 1. The highest BCUT2D eigenvalue weighted by molar-refractivity contribution is 6.30. The lowest BCUT2D eigenvalue weighted by molar-refractivity contribution is 0.0937. The summed E-state index contributed by atoms with van der Waals surface area (Å²) in [4.78, 5) is 0. The number of para-hydroxylation sites is 1. The second kappa shape index (κ2) is 11.8. The largest absolute Gasteiger partial charge is 0.490 e. The van der Waals surface area contributed by atoms with Crippen LogP contribution in [0.2, 0.25) is 5.02 Å². The molecule has 0 aliphatic heterocycles. The van der Waals surface area contributed by atoms with Crippen LogP contribution in [0.3, 0.4) is 0 Å². The van der Waals surface area contributed by atoms with Gasteiger partial charge in [-0.1, -0.05) is 35.9 Å². The van der Waals surface area contributed by atoms with Crippen LogP contribution >= 0.6 is 11.6 Å². The van der Waals surface area contributed by atoms with E-state index in [2.05, 4.69) is 5.32 Å². The first-order chi connectivity index (χ1) is 12.7. The Morgan fingerprint density at radius 3 is 2.58 bits per heavy atom. The van der Waals surface area contributed by atoms with Crippen molar-refractivity contribution < 1.29 is 19.3 Å². The predicted molar refractivity (Wildman–Crippen MR) is 103 cm³/mol. The molecule has 0 aliphatic carbocycles. The van der Waals surface area contributed by atoms with Gasteiger partial charge >= 0.3 is 0 Å². The topological polar surface area (TPSA) is 60.0 Å². The molecule has 0 aliphatic rings. The van der Waals surface area contributed by atoms with Crippen LogP contribution in [0.4, 0.5) is 0 Å². The molecule has 0 unspecified atom stereocenters. The van der Waals surface area contributed by atoms with Crippen molar-refractivity contribution in [1.29, 1.82) is 0 Å². The molecule has 0 saturated carbocycles. The molecule has 2 N–H and O–H groups in total. The van der Waals surface area contributed by atoms with Crippen LogP contribution in [0.1, 0.15) is 18.1 Å². The molecule has 26 heavy (non-hydrogen) atoms. The highest BCUT2D eigenvalue weighted by Crippen LogP contribution is 2.32. The highest BCUT2D eigenvalue weighted by Gasteiger charge is 2.11. The van der Waals surface area contributed by atoms with Crippen LogP contribution in [-0.2, 0) is 17.9 Å². The number of halogens is 1. The Morgan fingerprint density at radius 1 is 1.04 bits per heavy atom. The molecule has 0 fully saturated rings. The van der Waals surface area contributed by atoms with E-state index in [-0.39, 0.29) is 6.61 Å². The van der Waals surface area contributed by atoms with Gasteiger partial charge in [-0.3, -0.25) is 0 Å². The normalized spacial score (nSPS) is 10.7. The minimum absolute atomic E-state index is 0.0408. The Morgan fingerprint density at radius 2 is 1.85 bits per heavy atom. The fraction of sp³-hybridized carbons (Fsp3) is 0.400. The highest BCUT2D eigenvalue weighted by atomic mass is 35.5. The van der Waals surface area contributed by atoms with Crippen LogP contribution in [0, 0.1) is 0 Å². The Bertz CT molecular complexity index is 649. The lowest BCUT2D eigenvalue weighted by Crippen LogP contribution is -2.20. The van der Waals surface area contributed by atoms with Gasteiger partial charge in [0.2, 0.25) is 0 Å². The predicted octanol–water partition coefficient (Wildman–Crippen LogP) is 3.42. The molecule has 2 aromatic rings. The molecule has 0 aromatic heterocycles. The van der Waals surface area contributed by atoms with Crippen molar-refractivity contribution >= 4 is 11.6 Å². The maximum Gasteiger partial charge on any atom is 0.166 e. The van der Waals surface area contributed by atoms with E-state index in [1.807, 2.05) is 49.4 Å². The van der Waals surface area contributed by atoms with E-state index >= 15 is 0 Å². The third-order valence-electron chi connectivity index (χ3n) is 3.63. The Hall–Kier alpha value is -1.79. The van der Waals surface area contributed by atoms with Crippen molar-refractivity contribution in [2.75, 3.05) is 33.0 Å². The van der Waals surface area contributed by atoms with Crippen LogP contribution in [0.15, 0.2) is 42.5 Å². The quantitative estimate of drug-likeness (QED) is 0.553. The van der Waals surface area contributed by atoms with Crippen molar-refractivity contribution in [1.82, 2.24) is 5.32 Å². The lowest BCUT2D eigenvalue weighted by atomic mass is 10.1. The molecule has 6 heteroatoms. The Kier molecular flexibility index (Phi) is 9.28. The maximum atomic E-state index is 8.70. The van der Waals surface area contributed by atoms with E-state index in [0.29, 0.717) is 44.5 Å². The molecule has 0 saturated heterocycles. The zero-order valence-electron chi connectivity index (χ0n) is 15.0. The third kappa shape index (κ3) is 6.84. The molecule has 2 aromatic carbocycles. The first-order valence-corrected chi connectivity index (χ1v) is 9.13. The summed E-state index contributed by atoms with van der Waals surface area (Å²) in [5.41, 5.74) is 2.06. The van der Waals surface area contributed by atoms with E-state index in [1.165, 1.54) is 0 Å². The summed E-state index contributed by atoms with van der Waals surface area (Å²) in [6.45, 7) is 5.24. The van der Waals surface area contributed by atoms with Crippen LogP contribution < -0.4 is 14.8 Å². The number of aliphatic hydroxyl groups is 1. The molecule has 0 bridgehead atoms. The van der Waals surface area contributed by atoms with Gasteiger partial charge in [0, 0.05) is 23.7 Å². The second-order valence-corrected chi connectivity index (χ2v) is 6.04. The summed E-state index contributed by atoms with van der Waals surface area (Å²) in [5.74, 6) is 1.48. The number of hydrogen-bond acceptors (Lipinski definition) is 5. The first kappa shape index (κ1) is 20.5. The fourth-order valence-electron chi connectivity index (χ4n) is 2.40. The van der Waals surface area contributed by atoms with Gasteiger partial charge in [-0.05, 0) is 30.7 Å². The number of rotatable bonds is 12. The van der Waals surface area contributed by atoms with Crippen LogP contribution in [0.5, 0.6) is 11.5 Å². The summed E-state index contributed by atoms with van der Waals surface area (Å²) in [5, 5.41) is 12.7. The number of aliphatic hydroxyl groups excluding tert-OH is 1. The average Bonchev–Trinajstić information content (AvgIpc) is 2.65. The summed E-state index contributed by atoms with van der Waals surface area (Å²) in [6, 6.07) is 13.5. The van der Waals surface area contributed by atoms with Crippen molar-refractivity contribution in [2.45, 2.75) is 20.1 Å². The van der Waals surface area contributed by atoms with Gasteiger partial charge in [0.25, 0.3) is 0 Å². The Balaban J connectivity index is 1.99. The van der Waals surface area contributed by atoms with Gasteiger partial charge in [0.1, 0.15) is 6.61 Å². The number of ether oxygens (including phenoxy) is 3. The Labute approximate surface area is 159 Å². The van der Waals surface area contributed by atoms with E-state index in [1.54, 1.807) is 0 Å². The molecule has 142 valence electrons. The summed E-state index contributed by atoms with van der Waals surface area (Å²) < 4.78 is 17.0. The van der Waals surface area contributed by atoms with E-state index < -0.39 is 0 Å². The van der Waals surface area contributed by atoms with Crippen molar-refractivity contribution in [3.63, 3.8) is 0 Å². The van der Waals surface area contributed by atoms with Crippen molar-refractivity contribution in [3.05, 3.63) is 58.6 Å². The molecule has 0 atom stereocenters.